The van der Waals surface area contributed by atoms with E-state index in [-0.39, 0.29) is 23.5 Å². The number of ether oxygens (including phenoxy) is 1. The molecule has 8 nitrogen and oxygen atoms in total. The number of unbranched alkanes of at least 4 members (excludes halogenated alkanes) is 1. The molecule has 2 heterocycles. The van der Waals surface area contributed by atoms with Gasteiger partial charge in [0.05, 0.1) is 11.8 Å². The lowest BCUT2D eigenvalue weighted by Crippen LogP contribution is -2.36. The van der Waals surface area contributed by atoms with Gasteiger partial charge in [0.2, 0.25) is 0 Å². The number of aliphatic imine (C=N–C) groups is 1. The van der Waals surface area contributed by atoms with Crippen molar-refractivity contribution in [1.82, 2.24) is 14.5 Å². The molecular formula is C18H29N5O3. The summed E-state index contributed by atoms with van der Waals surface area (Å²) in [5, 5.41) is 7.90. The van der Waals surface area contributed by atoms with Crippen molar-refractivity contribution < 1.29 is 9.53 Å². The number of aromatic nitrogens is 2. The molecule has 1 aliphatic rings. The molecule has 0 radical (unpaired) electrons. The molecule has 144 valence electrons. The predicted octanol–water partition coefficient (Wildman–Crippen LogP) is 3.25. The van der Waals surface area contributed by atoms with Crippen LogP contribution in [0.15, 0.2) is 9.79 Å². The summed E-state index contributed by atoms with van der Waals surface area (Å²) in [4.78, 5) is 33.6. The van der Waals surface area contributed by atoms with Crippen LogP contribution in [0, 0.1) is 5.41 Å². The third-order valence-electron chi connectivity index (χ3n) is 4.09. The molecule has 1 saturated heterocycles. The number of H-pyrrole nitrogens is 1. The molecule has 1 aromatic heterocycles. The zero-order chi connectivity index (χ0) is 19.5. The maximum atomic E-state index is 12.5. The highest BCUT2D eigenvalue weighted by Gasteiger charge is 2.33. The van der Waals surface area contributed by atoms with Gasteiger partial charge in [0, 0.05) is 19.3 Å². The number of likely N-dealkylation sites (tertiary alicyclic amines) is 1. The third kappa shape index (κ3) is 4.62. The number of aromatic amines is 1. The van der Waals surface area contributed by atoms with Gasteiger partial charge in [0.1, 0.15) is 11.3 Å². The Hall–Kier alpha value is -2.38. The SMILES string of the molecule is CCCC=Nc1c(C(C)=N)[nH]c(=O)n1C1CCN(C(=O)OC(C)(C)C)C1. The number of carbonyl (C=O) groups excluding carboxylic acids is 1. The zero-order valence-electron chi connectivity index (χ0n) is 16.3. The van der Waals surface area contributed by atoms with Crippen molar-refractivity contribution >= 4 is 23.8 Å². The summed E-state index contributed by atoms with van der Waals surface area (Å²) in [6.07, 6.45) is 3.79. The van der Waals surface area contributed by atoms with Gasteiger partial charge in [-0.25, -0.2) is 14.6 Å². The van der Waals surface area contributed by atoms with E-state index in [1.807, 2.05) is 20.8 Å². The van der Waals surface area contributed by atoms with Gasteiger partial charge in [-0.05, 0) is 40.5 Å². The number of hydrogen-bond acceptors (Lipinski definition) is 5. The fraction of sp³-hybridized carbons (Fsp3) is 0.667. The molecule has 1 atom stereocenters. The molecule has 0 spiro atoms. The number of carbonyl (C=O) groups is 1. The van der Waals surface area contributed by atoms with Gasteiger partial charge in [0.25, 0.3) is 0 Å². The summed E-state index contributed by atoms with van der Waals surface area (Å²) >= 11 is 0. The summed E-state index contributed by atoms with van der Waals surface area (Å²) in [5.74, 6) is 0.465. The van der Waals surface area contributed by atoms with Crippen molar-refractivity contribution in [2.24, 2.45) is 4.99 Å². The van der Waals surface area contributed by atoms with Gasteiger partial charge in [-0.15, -0.1) is 0 Å². The Morgan fingerprint density at radius 1 is 1.46 bits per heavy atom. The lowest BCUT2D eigenvalue weighted by atomic mass is 10.2. The van der Waals surface area contributed by atoms with Crippen molar-refractivity contribution in [3.63, 3.8) is 0 Å². The van der Waals surface area contributed by atoms with Gasteiger partial charge < -0.3 is 20.0 Å². The first-order valence-electron chi connectivity index (χ1n) is 9.04. The second-order valence-corrected chi connectivity index (χ2v) is 7.59. The second-order valence-electron chi connectivity index (χ2n) is 7.59. The van der Waals surface area contributed by atoms with E-state index in [2.05, 4.69) is 16.9 Å². The van der Waals surface area contributed by atoms with E-state index in [1.54, 1.807) is 22.6 Å². The highest BCUT2D eigenvalue weighted by atomic mass is 16.6. The Balaban J connectivity index is 2.27. The maximum Gasteiger partial charge on any atom is 0.410 e. The van der Waals surface area contributed by atoms with E-state index >= 15 is 0 Å². The molecule has 1 fully saturated rings. The summed E-state index contributed by atoms with van der Waals surface area (Å²) < 4.78 is 6.99. The van der Waals surface area contributed by atoms with E-state index in [9.17, 15) is 9.59 Å². The van der Waals surface area contributed by atoms with Crippen LogP contribution in [0.2, 0.25) is 0 Å². The lowest BCUT2D eigenvalue weighted by Gasteiger charge is -2.24. The van der Waals surface area contributed by atoms with Crippen LogP contribution in [0.3, 0.4) is 0 Å². The van der Waals surface area contributed by atoms with Crippen LogP contribution >= 0.6 is 0 Å². The second kappa shape index (κ2) is 7.88. The molecule has 0 saturated carbocycles. The highest BCUT2D eigenvalue weighted by Crippen LogP contribution is 2.28. The minimum Gasteiger partial charge on any atom is -0.444 e. The van der Waals surface area contributed by atoms with Crippen LogP contribution in [0.1, 0.15) is 65.6 Å². The average Bonchev–Trinajstić information content (AvgIpc) is 3.10. The van der Waals surface area contributed by atoms with Gasteiger partial charge >= 0.3 is 11.8 Å². The monoisotopic (exact) mass is 363 g/mol. The Bertz CT molecular complexity index is 754. The summed E-state index contributed by atoms with van der Waals surface area (Å²) in [6, 6.07) is -0.187. The molecule has 26 heavy (non-hydrogen) atoms. The van der Waals surface area contributed by atoms with Crippen LogP contribution < -0.4 is 5.69 Å². The molecule has 0 aromatic carbocycles. The van der Waals surface area contributed by atoms with Crippen molar-refractivity contribution in [2.45, 2.75) is 65.5 Å². The van der Waals surface area contributed by atoms with Crippen LogP contribution in [0.5, 0.6) is 0 Å². The lowest BCUT2D eigenvalue weighted by molar-refractivity contribution is 0.0289. The highest BCUT2D eigenvalue weighted by molar-refractivity contribution is 5.98. The molecule has 1 aliphatic heterocycles. The minimum atomic E-state index is -0.555. The fourth-order valence-corrected chi connectivity index (χ4v) is 2.89. The first kappa shape index (κ1) is 19.9. The molecule has 0 aliphatic carbocycles. The number of hydrogen-bond donors (Lipinski definition) is 2. The van der Waals surface area contributed by atoms with Crippen molar-refractivity contribution in [3.05, 3.63) is 16.2 Å². The topological polar surface area (TPSA) is 104 Å². The van der Waals surface area contributed by atoms with Crippen LogP contribution in [-0.2, 0) is 4.74 Å². The van der Waals surface area contributed by atoms with E-state index in [4.69, 9.17) is 10.1 Å². The third-order valence-corrected chi connectivity index (χ3v) is 4.09. The Morgan fingerprint density at radius 3 is 2.73 bits per heavy atom. The molecule has 1 unspecified atom stereocenters. The summed E-state index contributed by atoms with van der Waals surface area (Å²) in [5.41, 5.74) is -0.170. The Labute approximate surface area is 153 Å². The number of imidazole rings is 1. The molecule has 1 aromatic rings. The van der Waals surface area contributed by atoms with Gasteiger partial charge in [-0.3, -0.25) is 4.57 Å². The normalized spacial score (nSPS) is 17.9. The van der Waals surface area contributed by atoms with E-state index in [1.165, 1.54) is 0 Å². The smallest absolute Gasteiger partial charge is 0.410 e. The number of rotatable bonds is 5. The molecule has 8 heteroatoms. The first-order valence-corrected chi connectivity index (χ1v) is 9.04. The molecular weight excluding hydrogens is 334 g/mol. The first-order chi connectivity index (χ1) is 12.1. The Morgan fingerprint density at radius 2 is 2.15 bits per heavy atom. The fourth-order valence-electron chi connectivity index (χ4n) is 2.89. The molecule has 0 bridgehead atoms. The standard InChI is InChI=1S/C18H29N5O3/c1-6-7-9-20-15-14(12(2)19)21-16(24)23(15)13-8-10-22(11-13)17(25)26-18(3,4)5/h9,13,19H,6-8,10-11H2,1-5H3,(H,21,24). The predicted molar refractivity (Wildman–Crippen MR) is 102 cm³/mol. The van der Waals surface area contributed by atoms with Crippen molar-refractivity contribution in [3.8, 4) is 0 Å². The van der Waals surface area contributed by atoms with Crippen LogP contribution in [0.4, 0.5) is 10.6 Å². The minimum absolute atomic E-state index is 0.187. The van der Waals surface area contributed by atoms with Crippen LogP contribution in [0.25, 0.3) is 0 Å². The average molecular weight is 363 g/mol. The van der Waals surface area contributed by atoms with Gasteiger partial charge in [-0.1, -0.05) is 13.3 Å². The zero-order valence-corrected chi connectivity index (χ0v) is 16.3. The van der Waals surface area contributed by atoms with Gasteiger partial charge in [-0.2, -0.15) is 0 Å². The largest absolute Gasteiger partial charge is 0.444 e. The van der Waals surface area contributed by atoms with Crippen molar-refractivity contribution in [2.75, 3.05) is 13.1 Å². The molecule has 2 rings (SSSR count). The number of nitrogens with zero attached hydrogens (tertiary/aromatic N) is 3. The summed E-state index contributed by atoms with van der Waals surface area (Å²) in [7, 11) is 0. The van der Waals surface area contributed by atoms with E-state index in [0.717, 1.165) is 12.8 Å². The van der Waals surface area contributed by atoms with Gasteiger partial charge in [0.15, 0.2) is 5.82 Å². The Kier molecular flexibility index (Phi) is 6.05. The number of amides is 1. The number of nitrogens with one attached hydrogen (secondary N) is 2. The quantitative estimate of drug-likeness (QED) is 0.785. The van der Waals surface area contributed by atoms with Crippen molar-refractivity contribution in [1.29, 1.82) is 5.41 Å². The van der Waals surface area contributed by atoms with Crippen LogP contribution in [-0.4, -0.2) is 51.2 Å². The van der Waals surface area contributed by atoms with E-state index in [0.29, 0.717) is 31.0 Å². The molecule has 1 amide bonds. The maximum absolute atomic E-state index is 12.5. The summed E-state index contributed by atoms with van der Waals surface area (Å²) in [6.45, 7) is 10.1. The van der Waals surface area contributed by atoms with E-state index < -0.39 is 5.60 Å². The molecule has 2 N–H and O–H groups in total.